The Morgan fingerprint density at radius 2 is 2.04 bits per heavy atom. The maximum Gasteiger partial charge on any atom is 0.309 e. The molecule has 0 radical (unpaired) electrons. The van der Waals surface area contributed by atoms with Crippen LogP contribution in [0.4, 0.5) is 0 Å². The minimum Gasteiger partial charge on any atom is -0.493 e. The van der Waals surface area contributed by atoms with Crippen LogP contribution in [0.3, 0.4) is 0 Å². The summed E-state index contributed by atoms with van der Waals surface area (Å²) in [6, 6.07) is 7.84. The first-order valence-corrected chi connectivity index (χ1v) is 8.69. The number of nitrogens with one attached hydrogen (secondary N) is 1. The van der Waals surface area contributed by atoms with E-state index in [0.29, 0.717) is 5.92 Å². The first-order chi connectivity index (χ1) is 11.5. The minimum atomic E-state index is -0.422. The molecule has 0 unspecified atom stereocenters. The highest BCUT2D eigenvalue weighted by Gasteiger charge is 2.23. The van der Waals surface area contributed by atoms with E-state index in [2.05, 4.69) is 12.2 Å². The van der Waals surface area contributed by atoms with E-state index in [9.17, 15) is 9.59 Å². The van der Waals surface area contributed by atoms with Crippen LogP contribution in [-0.2, 0) is 14.3 Å². The number of hydrogen-bond donors (Lipinski definition) is 1. The lowest BCUT2D eigenvalue weighted by Gasteiger charge is -2.29. The maximum absolute atomic E-state index is 11.9. The smallest absolute Gasteiger partial charge is 0.309 e. The van der Waals surface area contributed by atoms with E-state index in [-0.39, 0.29) is 31.6 Å². The third kappa shape index (κ3) is 6.22. The number of esters is 1. The number of benzene rings is 1. The van der Waals surface area contributed by atoms with Crippen molar-refractivity contribution < 1.29 is 19.1 Å². The number of hydrogen-bond acceptors (Lipinski definition) is 4. The van der Waals surface area contributed by atoms with Gasteiger partial charge in [0.15, 0.2) is 6.61 Å². The number of aryl methyl sites for hydroxylation is 1. The zero-order valence-electron chi connectivity index (χ0n) is 14.5. The van der Waals surface area contributed by atoms with Crippen LogP contribution in [0.15, 0.2) is 24.3 Å². The van der Waals surface area contributed by atoms with E-state index in [1.165, 1.54) is 6.42 Å². The van der Waals surface area contributed by atoms with Crippen LogP contribution in [-0.4, -0.2) is 31.1 Å². The fourth-order valence-corrected chi connectivity index (χ4v) is 2.95. The molecule has 1 amide bonds. The quantitative estimate of drug-likeness (QED) is 0.779. The molecule has 1 fully saturated rings. The minimum absolute atomic E-state index is 0.126. The largest absolute Gasteiger partial charge is 0.493 e. The lowest BCUT2D eigenvalue weighted by Crippen LogP contribution is -2.42. The maximum atomic E-state index is 11.9. The van der Waals surface area contributed by atoms with Crippen molar-refractivity contribution in [2.45, 2.75) is 52.0 Å². The molecule has 1 saturated carbocycles. The summed E-state index contributed by atoms with van der Waals surface area (Å²) in [5.41, 5.74) is 1.10. The summed E-state index contributed by atoms with van der Waals surface area (Å²) >= 11 is 0. The lowest BCUT2D eigenvalue weighted by molar-refractivity contribution is -0.149. The van der Waals surface area contributed by atoms with Gasteiger partial charge in [-0.15, -0.1) is 0 Å². The van der Waals surface area contributed by atoms with Crippen molar-refractivity contribution in [2.75, 3.05) is 13.2 Å². The standard InChI is InChI=1S/C19H27NO4/c1-14-6-5-8-16(12-14)23-11-10-19(22)24-13-18(21)20-17-9-4-3-7-15(17)2/h5-6,8,12,15,17H,3-4,7,9-11,13H2,1-2H3,(H,20,21)/t15-,17+/m1/s1. The van der Waals surface area contributed by atoms with Gasteiger partial charge in [0.2, 0.25) is 0 Å². The van der Waals surface area contributed by atoms with Gasteiger partial charge >= 0.3 is 5.97 Å². The average molecular weight is 333 g/mol. The summed E-state index contributed by atoms with van der Waals surface area (Å²) in [5.74, 6) is 0.573. The van der Waals surface area contributed by atoms with Crippen molar-refractivity contribution in [3.63, 3.8) is 0 Å². The highest BCUT2D eigenvalue weighted by atomic mass is 16.5. The van der Waals surface area contributed by atoms with Gasteiger partial charge in [-0.2, -0.15) is 0 Å². The molecule has 0 saturated heterocycles. The van der Waals surface area contributed by atoms with Crippen LogP contribution in [0.25, 0.3) is 0 Å². The van der Waals surface area contributed by atoms with Gasteiger partial charge in [0.1, 0.15) is 5.75 Å². The van der Waals surface area contributed by atoms with Gasteiger partial charge in [-0.3, -0.25) is 9.59 Å². The van der Waals surface area contributed by atoms with Crippen molar-refractivity contribution in [3.05, 3.63) is 29.8 Å². The monoisotopic (exact) mass is 333 g/mol. The zero-order chi connectivity index (χ0) is 17.4. The van der Waals surface area contributed by atoms with Gasteiger partial charge in [-0.05, 0) is 43.4 Å². The summed E-state index contributed by atoms with van der Waals surface area (Å²) in [6.45, 7) is 4.15. The molecule has 5 heteroatoms. The van der Waals surface area contributed by atoms with E-state index < -0.39 is 5.97 Å². The Morgan fingerprint density at radius 3 is 2.79 bits per heavy atom. The predicted molar refractivity (Wildman–Crippen MR) is 91.8 cm³/mol. The third-order valence-corrected chi connectivity index (χ3v) is 4.39. The Balaban J connectivity index is 1.61. The van der Waals surface area contributed by atoms with Gasteiger partial charge in [-0.1, -0.05) is 31.9 Å². The number of rotatable bonds is 7. The molecular formula is C19H27NO4. The molecule has 0 aromatic heterocycles. The molecule has 0 heterocycles. The fraction of sp³-hybridized carbons (Fsp3) is 0.579. The van der Waals surface area contributed by atoms with Crippen molar-refractivity contribution in [1.82, 2.24) is 5.32 Å². The topological polar surface area (TPSA) is 64.6 Å². The van der Waals surface area contributed by atoms with Crippen molar-refractivity contribution in [3.8, 4) is 5.75 Å². The van der Waals surface area contributed by atoms with Gasteiger partial charge in [0.25, 0.3) is 5.91 Å². The summed E-state index contributed by atoms with van der Waals surface area (Å²) < 4.78 is 10.5. The average Bonchev–Trinajstić information content (AvgIpc) is 2.55. The van der Waals surface area contributed by atoms with Crippen molar-refractivity contribution in [1.29, 1.82) is 0 Å². The van der Waals surface area contributed by atoms with E-state index in [1.807, 2.05) is 31.2 Å². The summed E-state index contributed by atoms with van der Waals surface area (Å²) in [7, 11) is 0. The van der Waals surface area contributed by atoms with Crippen molar-refractivity contribution >= 4 is 11.9 Å². The van der Waals surface area contributed by atoms with Crippen LogP contribution >= 0.6 is 0 Å². The molecule has 0 aliphatic heterocycles. The van der Waals surface area contributed by atoms with Crippen molar-refractivity contribution in [2.24, 2.45) is 5.92 Å². The molecule has 0 spiro atoms. The predicted octanol–water partition coefficient (Wildman–Crippen LogP) is 3.00. The molecule has 1 aromatic rings. The molecule has 1 aliphatic rings. The Bertz CT molecular complexity index is 558. The molecule has 1 aromatic carbocycles. The fourth-order valence-electron chi connectivity index (χ4n) is 2.95. The van der Waals surface area contributed by atoms with Crippen LogP contribution < -0.4 is 10.1 Å². The van der Waals surface area contributed by atoms with E-state index in [1.54, 1.807) is 0 Å². The van der Waals surface area contributed by atoms with Crippen LogP contribution in [0, 0.1) is 12.8 Å². The van der Waals surface area contributed by atoms with Gasteiger partial charge < -0.3 is 14.8 Å². The molecule has 1 N–H and O–H groups in total. The number of carbonyl (C=O) groups excluding carboxylic acids is 2. The van der Waals surface area contributed by atoms with E-state index in [4.69, 9.17) is 9.47 Å². The van der Waals surface area contributed by atoms with Crippen LogP contribution in [0.1, 0.15) is 44.6 Å². The lowest BCUT2D eigenvalue weighted by atomic mass is 9.86. The van der Waals surface area contributed by atoms with Gasteiger partial charge in [0, 0.05) is 6.04 Å². The van der Waals surface area contributed by atoms with Gasteiger partial charge in [-0.25, -0.2) is 0 Å². The van der Waals surface area contributed by atoms with Gasteiger partial charge in [0.05, 0.1) is 13.0 Å². The number of amides is 1. The summed E-state index contributed by atoms with van der Waals surface area (Å²) in [4.78, 5) is 23.6. The Hall–Kier alpha value is -2.04. The second-order valence-electron chi connectivity index (χ2n) is 6.51. The SMILES string of the molecule is Cc1cccc(OCCC(=O)OCC(=O)N[C@H]2CCCC[C@H]2C)c1. The number of carbonyl (C=O) groups is 2. The molecule has 132 valence electrons. The molecule has 1 aliphatic carbocycles. The summed E-state index contributed by atoms with van der Waals surface area (Å²) in [6.07, 6.45) is 4.64. The van der Waals surface area contributed by atoms with E-state index >= 15 is 0 Å². The first-order valence-electron chi connectivity index (χ1n) is 8.69. The zero-order valence-corrected chi connectivity index (χ0v) is 14.5. The Morgan fingerprint density at radius 1 is 1.25 bits per heavy atom. The van der Waals surface area contributed by atoms with Crippen LogP contribution in [0.2, 0.25) is 0 Å². The molecule has 0 bridgehead atoms. The van der Waals surface area contributed by atoms with E-state index in [0.717, 1.165) is 30.6 Å². The third-order valence-electron chi connectivity index (χ3n) is 4.39. The molecule has 2 rings (SSSR count). The van der Waals surface area contributed by atoms with Crippen LogP contribution in [0.5, 0.6) is 5.75 Å². The summed E-state index contributed by atoms with van der Waals surface area (Å²) in [5, 5.41) is 2.96. The molecule has 2 atom stereocenters. The second kappa shape index (κ2) is 9.30. The first kappa shape index (κ1) is 18.3. The molecular weight excluding hydrogens is 306 g/mol. The second-order valence-corrected chi connectivity index (χ2v) is 6.51. The normalized spacial score (nSPS) is 20.2. The highest BCUT2D eigenvalue weighted by molar-refractivity contribution is 5.80. The Labute approximate surface area is 143 Å². The highest BCUT2D eigenvalue weighted by Crippen LogP contribution is 2.23. The Kier molecular flexibility index (Phi) is 7.09. The molecule has 24 heavy (non-hydrogen) atoms. The molecule has 5 nitrogen and oxygen atoms in total. The number of ether oxygens (including phenoxy) is 2.